The number of nitro groups is 1. The minimum absolute atomic E-state index is 0.00731. The van der Waals surface area contributed by atoms with Crippen LogP contribution in [0.2, 0.25) is 0 Å². The van der Waals surface area contributed by atoms with Gasteiger partial charge in [0.25, 0.3) is 15.7 Å². The number of non-ortho nitro benzene ring substituents is 1. The number of aryl methyl sites for hydroxylation is 1. The molecule has 2 aromatic carbocycles. The topological polar surface area (TPSA) is 246 Å². The Labute approximate surface area is 389 Å². The third kappa shape index (κ3) is 8.61. The van der Waals surface area contributed by atoms with Gasteiger partial charge < -0.3 is 19.2 Å². The molecule has 21 heteroatoms. The Morgan fingerprint density at radius 1 is 0.779 bits per heavy atom. The molecule has 1 N–H and O–H groups in total. The van der Waals surface area contributed by atoms with E-state index in [9.17, 15) is 28.1 Å². The Balaban J connectivity index is 0.000000177. The van der Waals surface area contributed by atoms with Crippen LogP contribution < -0.4 is 4.74 Å². The third-order valence-electron chi connectivity index (χ3n) is 13.6. The second-order valence-electron chi connectivity index (χ2n) is 18.0. The van der Waals surface area contributed by atoms with Crippen molar-refractivity contribution in [2.75, 3.05) is 0 Å². The number of ether oxygens (including phenoxy) is 3. The fourth-order valence-corrected chi connectivity index (χ4v) is 11.2. The Morgan fingerprint density at radius 3 is 2.01 bits per heavy atom. The molecule has 3 fully saturated rings. The number of benzene rings is 2. The summed E-state index contributed by atoms with van der Waals surface area (Å²) in [6, 6.07) is 15.5. The molecule has 0 spiro atoms. The predicted octanol–water partition coefficient (Wildman–Crippen LogP) is 8.24. The van der Waals surface area contributed by atoms with E-state index < -0.39 is 27.2 Å². The van der Waals surface area contributed by atoms with E-state index in [0.717, 1.165) is 57.9 Å². The molecule has 20 nitrogen and oxygen atoms in total. The standard InChI is InChI=1S/C28H26N6O7S.C19H23N5O2/c1-3-18-14-21(41-28(35)40-20-8-6-19(7-9-20)34(36)37)15-23(18)26-31-30-25-16-29-27-24(33(25)26)12-13-32(27)42(38,39)22-10-4-17(2)5-11-22;1-2-12-8-13(26-17(25)7-11-3-4-11)9-14(12)19-23-22-16-10-21-18-15(24(16)19)5-6-20-18/h4-13,16,18,21,23H,3,14-15H2,1-2H3;5-6,10-14,20H,2-4,7-9H2,1H3/t;12-,13-,14+/m.1/s1. The number of nitrogens with zero attached hydrogens (tertiary/aromatic N) is 10. The van der Waals surface area contributed by atoms with Crippen LogP contribution in [0, 0.1) is 34.8 Å². The molecule has 3 aliphatic rings. The molecule has 3 unspecified atom stereocenters. The lowest BCUT2D eigenvalue weighted by Gasteiger charge is -2.15. The number of esters is 1. The Hall–Kier alpha value is -7.29. The Bertz CT molecular complexity index is 3290. The SMILES string of the molecule is CCC1CC(OC(=O)Oc2ccc([N+](=O)[O-])cc2)CC1c1nnc2cnc3c(ccn3S(=O)(=O)c3ccc(C)cc3)n12.CC[C@@H]1C[C@@H](OC(=O)CC2CC2)C[C@@H]1c1nnc2cnc3[nH]ccc3n12. The number of hydrogen-bond donors (Lipinski definition) is 1. The van der Waals surface area contributed by atoms with E-state index in [4.69, 9.17) is 14.2 Å². The first-order valence-electron chi connectivity index (χ1n) is 22.9. The lowest BCUT2D eigenvalue weighted by molar-refractivity contribution is -0.384. The summed E-state index contributed by atoms with van der Waals surface area (Å²) in [6.07, 6.45) is 12.8. The molecule has 11 rings (SSSR count). The number of aromatic nitrogens is 10. The van der Waals surface area contributed by atoms with Crippen molar-refractivity contribution in [3.63, 3.8) is 0 Å². The van der Waals surface area contributed by atoms with Crippen LogP contribution >= 0.6 is 0 Å². The van der Waals surface area contributed by atoms with Crippen LogP contribution in [0.25, 0.3) is 33.6 Å². The number of carbonyl (C=O) groups excluding carboxylic acids is 2. The summed E-state index contributed by atoms with van der Waals surface area (Å²) in [6.45, 7) is 6.13. The van der Waals surface area contributed by atoms with Crippen LogP contribution in [-0.2, 0) is 24.3 Å². The van der Waals surface area contributed by atoms with Gasteiger partial charge in [0.15, 0.2) is 22.6 Å². The van der Waals surface area contributed by atoms with Crippen molar-refractivity contribution in [3.05, 3.63) is 113 Å². The summed E-state index contributed by atoms with van der Waals surface area (Å²) < 4.78 is 48.6. The van der Waals surface area contributed by atoms with Gasteiger partial charge in [0.05, 0.1) is 33.2 Å². The van der Waals surface area contributed by atoms with Gasteiger partial charge in [0, 0.05) is 42.8 Å². The van der Waals surface area contributed by atoms with Gasteiger partial charge in [-0.05, 0) is 99.6 Å². The number of nitro benzene ring substituents is 1. The minimum atomic E-state index is -3.90. The van der Waals surface area contributed by atoms with Gasteiger partial charge >= 0.3 is 12.1 Å². The number of hydrogen-bond acceptors (Lipinski definition) is 15. The van der Waals surface area contributed by atoms with Gasteiger partial charge in [0.1, 0.15) is 29.6 Å². The van der Waals surface area contributed by atoms with Crippen LogP contribution in [0.4, 0.5) is 10.5 Å². The molecule has 0 aliphatic heterocycles. The highest BCUT2D eigenvalue weighted by molar-refractivity contribution is 7.90. The summed E-state index contributed by atoms with van der Waals surface area (Å²) in [5.41, 5.74) is 4.67. The van der Waals surface area contributed by atoms with E-state index in [0.29, 0.717) is 48.1 Å². The maximum atomic E-state index is 13.4. The smallest absolute Gasteiger partial charge is 0.462 e. The molecule has 6 heterocycles. The van der Waals surface area contributed by atoms with Gasteiger partial charge in [-0.2, -0.15) is 0 Å². The lowest BCUT2D eigenvalue weighted by Crippen LogP contribution is -2.18. The van der Waals surface area contributed by atoms with Gasteiger partial charge in [0.2, 0.25) is 0 Å². The number of aromatic amines is 1. The third-order valence-corrected chi connectivity index (χ3v) is 15.3. The van der Waals surface area contributed by atoms with Crippen molar-refractivity contribution in [1.29, 1.82) is 0 Å². The van der Waals surface area contributed by atoms with E-state index in [1.807, 2.05) is 30.5 Å². The molecule has 68 heavy (non-hydrogen) atoms. The van der Waals surface area contributed by atoms with Gasteiger partial charge in [-0.15, -0.1) is 20.4 Å². The van der Waals surface area contributed by atoms with Crippen molar-refractivity contribution in [2.45, 2.75) is 107 Å². The molecule has 3 saturated carbocycles. The van der Waals surface area contributed by atoms with E-state index in [1.54, 1.807) is 36.5 Å². The quantitative estimate of drug-likeness (QED) is 0.0524. The monoisotopic (exact) mass is 943 g/mol. The lowest BCUT2D eigenvalue weighted by atomic mass is 9.93. The van der Waals surface area contributed by atoms with E-state index >= 15 is 0 Å². The van der Waals surface area contributed by atoms with Crippen molar-refractivity contribution < 1.29 is 37.1 Å². The van der Waals surface area contributed by atoms with Crippen LogP contribution in [-0.4, -0.2) is 85.8 Å². The average molecular weight is 944 g/mol. The zero-order valence-electron chi connectivity index (χ0n) is 37.5. The molecule has 0 amide bonds. The number of carbonyl (C=O) groups is 2. The first-order chi connectivity index (χ1) is 32.9. The van der Waals surface area contributed by atoms with Gasteiger partial charge in [-0.25, -0.2) is 27.2 Å². The molecule has 3 aliphatic carbocycles. The molecule has 0 saturated heterocycles. The van der Waals surface area contributed by atoms with Gasteiger partial charge in [-0.3, -0.25) is 23.7 Å². The van der Waals surface area contributed by atoms with Crippen molar-refractivity contribution in [2.24, 2.45) is 17.8 Å². The highest BCUT2D eigenvalue weighted by Gasteiger charge is 2.41. The summed E-state index contributed by atoms with van der Waals surface area (Å²) >= 11 is 0. The fraction of sp³-hybridized carbons (Fsp3) is 0.404. The second-order valence-corrected chi connectivity index (χ2v) is 19.8. The first-order valence-corrected chi connectivity index (χ1v) is 24.3. The molecular formula is C47H49N11O9S. The summed E-state index contributed by atoms with van der Waals surface area (Å²) in [5.74, 6) is 2.92. The molecular weight excluding hydrogens is 895 g/mol. The molecule has 6 aromatic heterocycles. The maximum absolute atomic E-state index is 13.4. The zero-order chi connectivity index (χ0) is 47.3. The number of fused-ring (bicyclic) bond motifs is 6. The number of rotatable bonds is 12. The van der Waals surface area contributed by atoms with E-state index in [-0.39, 0.29) is 51.8 Å². The molecule has 0 bridgehead atoms. The predicted molar refractivity (Wildman–Crippen MR) is 245 cm³/mol. The summed E-state index contributed by atoms with van der Waals surface area (Å²) in [7, 11) is -3.90. The maximum Gasteiger partial charge on any atom is 0.514 e. The van der Waals surface area contributed by atoms with Crippen molar-refractivity contribution in [3.8, 4) is 5.75 Å². The van der Waals surface area contributed by atoms with Crippen LogP contribution in [0.15, 0.2) is 90.3 Å². The van der Waals surface area contributed by atoms with Crippen molar-refractivity contribution in [1.82, 2.24) is 48.1 Å². The molecule has 6 atom stereocenters. The zero-order valence-corrected chi connectivity index (χ0v) is 38.4. The first kappa shape index (κ1) is 44.5. The van der Waals surface area contributed by atoms with Crippen molar-refractivity contribution >= 4 is 61.5 Å². The number of H-pyrrole nitrogens is 1. The molecule has 352 valence electrons. The Morgan fingerprint density at radius 2 is 1.40 bits per heavy atom. The number of nitrogens with one attached hydrogen (secondary N) is 1. The van der Waals surface area contributed by atoms with E-state index in [1.165, 1.54) is 49.5 Å². The fourth-order valence-electron chi connectivity index (χ4n) is 9.91. The highest BCUT2D eigenvalue weighted by Crippen LogP contribution is 2.45. The Kier molecular flexibility index (Phi) is 11.8. The summed E-state index contributed by atoms with van der Waals surface area (Å²) in [4.78, 5) is 47.0. The average Bonchev–Trinajstić information content (AvgIpc) is 3.99. The van der Waals surface area contributed by atoms with E-state index in [2.05, 4.69) is 46.7 Å². The van der Waals surface area contributed by atoms with Crippen LogP contribution in [0.3, 0.4) is 0 Å². The van der Waals surface area contributed by atoms with Crippen LogP contribution in [0.5, 0.6) is 5.75 Å². The van der Waals surface area contributed by atoms with Gasteiger partial charge in [-0.1, -0.05) is 44.4 Å². The second kappa shape index (κ2) is 18.1. The minimum Gasteiger partial charge on any atom is -0.462 e. The highest BCUT2D eigenvalue weighted by atomic mass is 32.2. The normalized spacial score (nSPS) is 21.6. The molecule has 0 radical (unpaired) electrons. The molecule has 8 aromatic rings. The van der Waals surface area contributed by atoms with Crippen LogP contribution in [0.1, 0.15) is 101 Å². The summed E-state index contributed by atoms with van der Waals surface area (Å²) in [5, 5.41) is 28.4. The largest absolute Gasteiger partial charge is 0.514 e.